The Morgan fingerprint density at radius 3 is 2.75 bits per heavy atom. The van der Waals surface area contributed by atoms with Gasteiger partial charge in [0.1, 0.15) is 5.82 Å². The van der Waals surface area contributed by atoms with Gasteiger partial charge in [0.2, 0.25) is 0 Å². The summed E-state index contributed by atoms with van der Waals surface area (Å²) < 4.78 is 14.4. The molecule has 1 atom stereocenters. The van der Waals surface area contributed by atoms with Crippen LogP contribution in [0.25, 0.3) is 0 Å². The smallest absolute Gasteiger partial charge is 0.148 e. The van der Waals surface area contributed by atoms with Crippen LogP contribution < -0.4 is 5.73 Å². The van der Waals surface area contributed by atoms with Gasteiger partial charge in [0, 0.05) is 10.0 Å². The Morgan fingerprint density at radius 1 is 1.38 bits per heavy atom. The zero-order chi connectivity index (χ0) is 11.7. The molecule has 1 aromatic carbocycles. The van der Waals surface area contributed by atoms with Crippen LogP contribution in [0.15, 0.2) is 33.4 Å². The van der Waals surface area contributed by atoms with Crippen LogP contribution in [0.5, 0.6) is 0 Å². The molecular weight excluding hydrogens is 313 g/mol. The lowest BCUT2D eigenvalue weighted by atomic mass is 10.0. The van der Waals surface area contributed by atoms with Crippen LogP contribution in [0.1, 0.15) is 17.2 Å². The molecule has 0 saturated heterocycles. The van der Waals surface area contributed by atoms with Crippen LogP contribution in [-0.2, 0) is 0 Å². The first kappa shape index (κ1) is 12.0. The van der Waals surface area contributed by atoms with E-state index in [0.29, 0.717) is 10.0 Å². The highest BCUT2D eigenvalue weighted by atomic mass is 79.9. The van der Waals surface area contributed by atoms with Crippen molar-refractivity contribution in [2.45, 2.75) is 6.04 Å². The molecule has 0 aliphatic carbocycles. The van der Waals surface area contributed by atoms with Crippen molar-refractivity contribution in [3.63, 3.8) is 0 Å². The molecule has 1 heterocycles. The van der Waals surface area contributed by atoms with Crippen molar-refractivity contribution in [1.82, 2.24) is 0 Å². The highest BCUT2D eigenvalue weighted by molar-refractivity contribution is 9.10. The van der Waals surface area contributed by atoms with Crippen molar-refractivity contribution in [3.05, 3.63) is 55.4 Å². The van der Waals surface area contributed by atoms with Crippen molar-refractivity contribution in [1.29, 1.82) is 0 Å². The van der Waals surface area contributed by atoms with E-state index in [4.69, 9.17) is 17.3 Å². The van der Waals surface area contributed by atoms with E-state index in [0.717, 1.165) is 5.56 Å². The van der Waals surface area contributed by atoms with E-state index in [9.17, 15) is 4.39 Å². The number of nitrogens with two attached hydrogens (primary N) is 1. The summed E-state index contributed by atoms with van der Waals surface area (Å²) in [5.74, 6) is -0.463. The van der Waals surface area contributed by atoms with Crippen molar-refractivity contribution in [2.75, 3.05) is 0 Å². The number of hydrogen-bond donors (Lipinski definition) is 1. The number of halogens is 3. The molecule has 16 heavy (non-hydrogen) atoms. The second-order valence-electron chi connectivity index (χ2n) is 3.30. The monoisotopic (exact) mass is 319 g/mol. The van der Waals surface area contributed by atoms with E-state index < -0.39 is 11.9 Å². The van der Waals surface area contributed by atoms with Crippen LogP contribution in [0.3, 0.4) is 0 Å². The summed E-state index contributed by atoms with van der Waals surface area (Å²) in [6.07, 6.45) is 0. The third kappa shape index (κ3) is 2.15. The van der Waals surface area contributed by atoms with Gasteiger partial charge in [-0.15, -0.1) is 0 Å². The van der Waals surface area contributed by atoms with Crippen LogP contribution in [0, 0.1) is 5.82 Å². The van der Waals surface area contributed by atoms with Crippen LogP contribution in [-0.4, -0.2) is 0 Å². The molecule has 5 heteroatoms. The normalized spacial score (nSPS) is 12.8. The predicted molar refractivity (Wildman–Crippen MR) is 69.5 cm³/mol. The summed E-state index contributed by atoms with van der Waals surface area (Å²) in [5.41, 5.74) is 7.27. The zero-order valence-electron chi connectivity index (χ0n) is 8.08. The van der Waals surface area contributed by atoms with Gasteiger partial charge in [-0.2, -0.15) is 11.3 Å². The maximum absolute atomic E-state index is 13.9. The summed E-state index contributed by atoms with van der Waals surface area (Å²) in [4.78, 5) is 0. The Hall–Kier alpha value is -0.420. The fraction of sp³-hybridized carbons (Fsp3) is 0.0909. The Bertz CT molecular complexity index is 501. The number of thiophene rings is 1. The van der Waals surface area contributed by atoms with Gasteiger partial charge in [0.15, 0.2) is 0 Å². The average molecular weight is 321 g/mol. The molecule has 2 aromatic rings. The van der Waals surface area contributed by atoms with Crippen LogP contribution in [0.4, 0.5) is 4.39 Å². The molecule has 1 unspecified atom stereocenters. The summed E-state index contributed by atoms with van der Waals surface area (Å²) in [7, 11) is 0. The Labute approximate surface area is 110 Å². The molecule has 0 amide bonds. The molecule has 0 bridgehead atoms. The van der Waals surface area contributed by atoms with Crippen molar-refractivity contribution >= 4 is 38.9 Å². The van der Waals surface area contributed by atoms with Gasteiger partial charge >= 0.3 is 0 Å². The minimum atomic E-state index is -0.475. The van der Waals surface area contributed by atoms with E-state index in [1.807, 2.05) is 16.8 Å². The fourth-order valence-corrected chi connectivity index (χ4v) is 2.59. The molecule has 0 aliphatic rings. The van der Waals surface area contributed by atoms with Crippen molar-refractivity contribution in [2.24, 2.45) is 5.73 Å². The standard InChI is InChI=1S/C11H8BrClFNS/c12-8-2-1-7(10(14)9(8)13)11(15)6-3-4-16-5-6/h1-5,11H,15H2. The highest BCUT2D eigenvalue weighted by Gasteiger charge is 2.17. The molecule has 1 nitrogen and oxygen atoms in total. The number of hydrogen-bond acceptors (Lipinski definition) is 2. The topological polar surface area (TPSA) is 26.0 Å². The zero-order valence-corrected chi connectivity index (χ0v) is 11.2. The molecule has 2 N–H and O–H groups in total. The van der Waals surface area contributed by atoms with E-state index in [1.165, 1.54) is 11.3 Å². The lowest BCUT2D eigenvalue weighted by molar-refractivity contribution is 0.599. The van der Waals surface area contributed by atoms with Gasteiger partial charge in [-0.05, 0) is 44.4 Å². The van der Waals surface area contributed by atoms with E-state index in [1.54, 1.807) is 12.1 Å². The Kier molecular flexibility index (Phi) is 3.64. The summed E-state index contributed by atoms with van der Waals surface area (Å²) in [6.45, 7) is 0. The Balaban J connectivity index is 2.45. The van der Waals surface area contributed by atoms with Gasteiger partial charge in [-0.1, -0.05) is 17.7 Å². The predicted octanol–water partition coefficient (Wildman–Crippen LogP) is 4.35. The maximum atomic E-state index is 13.9. The maximum Gasteiger partial charge on any atom is 0.148 e. The fourth-order valence-electron chi connectivity index (χ4n) is 1.41. The highest BCUT2D eigenvalue weighted by Crippen LogP contribution is 2.32. The van der Waals surface area contributed by atoms with Gasteiger partial charge in [0.05, 0.1) is 11.1 Å². The van der Waals surface area contributed by atoms with E-state index in [2.05, 4.69) is 15.9 Å². The molecule has 0 radical (unpaired) electrons. The second kappa shape index (κ2) is 4.84. The summed E-state index contributed by atoms with van der Waals surface area (Å²) >= 11 is 10.5. The molecular formula is C11H8BrClFNS. The van der Waals surface area contributed by atoms with Crippen molar-refractivity contribution < 1.29 is 4.39 Å². The van der Waals surface area contributed by atoms with Crippen molar-refractivity contribution in [3.8, 4) is 0 Å². The molecule has 0 saturated carbocycles. The molecule has 0 fully saturated rings. The first-order chi connectivity index (χ1) is 7.61. The molecule has 84 valence electrons. The first-order valence-electron chi connectivity index (χ1n) is 4.52. The lowest BCUT2D eigenvalue weighted by Crippen LogP contribution is -2.13. The van der Waals surface area contributed by atoms with Crippen LogP contribution in [0.2, 0.25) is 5.02 Å². The first-order valence-corrected chi connectivity index (χ1v) is 6.63. The van der Waals surface area contributed by atoms with Gasteiger partial charge in [0.25, 0.3) is 0 Å². The molecule has 0 aliphatic heterocycles. The van der Waals surface area contributed by atoms with Crippen LogP contribution >= 0.6 is 38.9 Å². The minimum Gasteiger partial charge on any atom is -0.320 e. The minimum absolute atomic E-state index is 0.0724. The summed E-state index contributed by atoms with van der Waals surface area (Å²) in [6, 6.07) is 4.75. The third-order valence-electron chi connectivity index (χ3n) is 2.30. The molecule has 1 aromatic heterocycles. The van der Waals surface area contributed by atoms with Gasteiger partial charge in [-0.25, -0.2) is 4.39 Å². The second-order valence-corrected chi connectivity index (χ2v) is 5.31. The van der Waals surface area contributed by atoms with Gasteiger partial charge < -0.3 is 5.73 Å². The SMILES string of the molecule is NC(c1ccsc1)c1ccc(Br)c(Cl)c1F. The average Bonchev–Trinajstić information content (AvgIpc) is 2.79. The lowest BCUT2D eigenvalue weighted by Gasteiger charge is -2.13. The number of rotatable bonds is 2. The van der Waals surface area contributed by atoms with Gasteiger partial charge in [-0.3, -0.25) is 0 Å². The number of benzene rings is 1. The quantitative estimate of drug-likeness (QED) is 0.818. The third-order valence-corrected chi connectivity index (χ3v) is 4.26. The largest absolute Gasteiger partial charge is 0.320 e. The molecule has 2 rings (SSSR count). The summed E-state index contributed by atoms with van der Waals surface area (Å²) in [5, 5.41) is 3.89. The van der Waals surface area contributed by atoms with E-state index in [-0.39, 0.29) is 5.02 Å². The Morgan fingerprint density at radius 2 is 2.12 bits per heavy atom. The van der Waals surface area contributed by atoms with E-state index >= 15 is 0 Å². The molecule has 0 spiro atoms.